The predicted octanol–water partition coefficient (Wildman–Crippen LogP) is 8.39. The molecule has 0 aliphatic heterocycles. The third-order valence-corrected chi connectivity index (χ3v) is 11.6. The number of hydrogen-bond acceptors (Lipinski definition) is 6. The average Bonchev–Trinajstić information content (AvgIpc) is 3.85. The quantitative estimate of drug-likeness (QED) is 0.130. The van der Waals surface area contributed by atoms with Crippen molar-refractivity contribution in [2.24, 2.45) is 5.41 Å². The second-order valence-electron chi connectivity index (χ2n) is 13.8. The molecule has 4 aromatic rings. The normalized spacial score (nSPS) is 24.4. The Bertz CT molecular complexity index is 1720. The van der Waals surface area contributed by atoms with Crippen LogP contribution in [0.4, 0.5) is 10.5 Å². The molecule has 3 N–H and O–H groups in total. The Morgan fingerprint density at radius 2 is 1.88 bits per heavy atom. The summed E-state index contributed by atoms with van der Waals surface area (Å²) in [7, 11) is 0. The fourth-order valence-corrected chi connectivity index (χ4v) is 8.43. The molecule has 2 aromatic carbocycles. The molecule has 0 radical (unpaired) electrons. The Kier molecular flexibility index (Phi) is 10.3. The number of aliphatic hydroxyl groups is 2. The van der Waals surface area contributed by atoms with Gasteiger partial charge in [-0.05, 0) is 117 Å². The highest BCUT2D eigenvalue weighted by Gasteiger charge is 2.57. The molecule has 4 atom stereocenters. The van der Waals surface area contributed by atoms with Crippen molar-refractivity contribution in [1.29, 1.82) is 0 Å². The van der Waals surface area contributed by atoms with Crippen molar-refractivity contribution in [2.45, 2.75) is 82.8 Å². The molecule has 3 aliphatic carbocycles. The van der Waals surface area contributed by atoms with E-state index in [-0.39, 0.29) is 30.0 Å². The monoisotopic (exact) mass is 666 g/mol. The van der Waals surface area contributed by atoms with Crippen LogP contribution in [0.5, 0.6) is 0 Å². The van der Waals surface area contributed by atoms with Gasteiger partial charge in [0.25, 0.3) is 0 Å². The van der Waals surface area contributed by atoms with Crippen molar-refractivity contribution >= 4 is 28.8 Å². The third-order valence-electron chi connectivity index (χ3n) is 10.6. The summed E-state index contributed by atoms with van der Waals surface area (Å²) in [6, 6.07) is 22.6. The number of nitrogens with zero attached hydrogens (tertiary/aromatic N) is 1. The molecule has 2 aromatic heterocycles. The molecular formula is C40H46N2O5S. The predicted molar refractivity (Wildman–Crippen MR) is 191 cm³/mol. The maximum atomic E-state index is 14.0. The number of thiophene rings is 1. The summed E-state index contributed by atoms with van der Waals surface area (Å²) in [6.45, 7) is 4.87. The summed E-state index contributed by atoms with van der Waals surface area (Å²) >= 11 is 1.66. The Morgan fingerprint density at radius 1 is 1.04 bits per heavy atom. The molecule has 8 heteroatoms. The number of anilines is 1. The van der Waals surface area contributed by atoms with E-state index in [1.54, 1.807) is 28.4 Å². The van der Waals surface area contributed by atoms with Crippen LogP contribution in [0.2, 0.25) is 0 Å². The van der Waals surface area contributed by atoms with Gasteiger partial charge in [0.05, 0.1) is 24.5 Å². The molecule has 252 valence electrons. The zero-order valence-corrected chi connectivity index (χ0v) is 28.7. The highest BCUT2D eigenvalue weighted by atomic mass is 32.1. The molecule has 0 spiro atoms. The smallest absolute Gasteiger partial charge is 0.321 e. The van der Waals surface area contributed by atoms with Gasteiger partial charge in [-0.3, -0.25) is 4.79 Å². The van der Waals surface area contributed by atoms with Crippen LogP contribution in [0, 0.1) is 5.41 Å². The van der Waals surface area contributed by atoms with E-state index >= 15 is 0 Å². The molecule has 2 bridgehead atoms. The molecule has 2 amide bonds. The fraction of sp³-hybridized carbons (Fsp3) is 0.400. The average molecular weight is 667 g/mol. The number of allylic oxidation sites excluding steroid dienone is 2. The minimum absolute atomic E-state index is 0.150. The van der Waals surface area contributed by atoms with Crippen molar-refractivity contribution in [2.75, 3.05) is 18.4 Å². The first-order chi connectivity index (χ1) is 23.1. The number of amides is 2. The standard InChI is InChI=1S/C40H46N2O5S/c1-28-9-6-20-39(2)35(33-17-15-29(25-31(43)16-14-28)26-34(33)37(44)36-13-7-23-47-36)18-21-40(39,46)27-42(22-19-32-12-8-24-48-32)38(45)41-30-10-4-3-5-11-30/h3-5,7-13,15,17,23-24,26,31,35,43,46H,6,14,16,18-22,25,27H2,1-2H3,(H,41,45)/t31-,35-,39-,40+/m0/s1. The third kappa shape index (κ3) is 7.36. The van der Waals surface area contributed by atoms with E-state index in [0.717, 1.165) is 24.0 Å². The number of carbonyl (C=O) groups excluding carboxylic acids is 2. The molecule has 0 unspecified atom stereocenters. The molecule has 3 aliphatic rings. The Labute approximate surface area is 287 Å². The minimum Gasteiger partial charge on any atom is -0.461 e. The van der Waals surface area contributed by atoms with E-state index in [0.29, 0.717) is 56.3 Å². The maximum absolute atomic E-state index is 14.0. The number of furan rings is 1. The number of urea groups is 1. The first-order valence-corrected chi connectivity index (χ1v) is 17.9. The number of benzene rings is 2. The molecule has 48 heavy (non-hydrogen) atoms. The van der Waals surface area contributed by atoms with Crippen LogP contribution in [0.1, 0.15) is 90.4 Å². The number of para-hydroxylation sites is 1. The molecular weight excluding hydrogens is 621 g/mol. The topological polar surface area (TPSA) is 103 Å². The number of carbonyl (C=O) groups is 2. The van der Waals surface area contributed by atoms with E-state index < -0.39 is 17.1 Å². The van der Waals surface area contributed by atoms with Crippen LogP contribution < -0.4 is 5.32 Å². The SMILES string of the molecule is CC1=CCC[C@@]2(C)[C@@H](CC[C@@]2(O)CN(CCc2cccs2)C(=O)Nc2ccccc2)c2ccc(cc2C(=O)c2ccco2)C[C@@H](O)CC1. The van der Waals surface area contributed by atoms with Gasteiger partial charge in [-0.2, -0.15) is 0 Å². The van der Waals surface area contributed by atoms with E-state index in [9.17, 15) is 19.8 Å². The highest BCUT2D eigenvalue weighted by molar-refractivity contribution is 7.09. The van der Waals surface area contributed by atoms with Gasteiger partial charge in [0.1, 0.15) is 0 Å². The summed E-state index contributed by atoms with van der Waals surface area (Å²) in [5.41, 5.74) is 2.36. The number of ketones is 1. The van der Waals surface area contributed by atoms with Gasteiger partial charge < -0.3 is 24.8 Å². The second kappa shape index (κ2) is 14.6. The van der Waals surface area contributed by atoms with E-state index in [4.69, 9.17) is 4.42 Å². The second-order valence-corrected chi connectivity index (χ2v) is 14.8. The lowest BCUT2D eigenvalue weighted by molar-refractivity contribution is -0.0762. The number of hydrogen-bond donors (Lipinski definition) is 3. The Hall–Kier alpha value is -3.98. The lowest BCUT2D eigenvalue weighted by atomic mass is 9.64. The first-order valence-electron chi connectivity index (χ1n) is 17.1. The van der Waals surface area contributed by atoms with Crippen LogP contribution >= 0.6 is 11.3 Å². The zero-order chi connectivity index (χ0) is 33.7. The summed E-state index contributed by atoms with van der Waals surface area (Å²) in [4.78, 5) is 30.8. The van der Waals surface area contributed by atoms with Crippen LogP contribution in [0.15, 0.2) is 101 Å². The van der Waals surface area contributed by atoms with Gasteiger partial charge in [-0.15, -0.1) is 11.3 Å². The van der Waals surface area contributed by atoms with Gasteiger partial charge in [0, 0.05) is 28.1 Å². The van der Waals surface area contributed by atoms with Gasteiger partial charge in [0.15, 0.2) is 5.76 Å². The Balaban J connectivity index is 1.38. The van der Waals surface area contributed by atoms with Crippen LogP contribution in [-0.2, 0) is 12.8 Å². The van der Waals surface area contributed by atoms with Gasteiger partial charge in [0.2, 0.25) is 5.78 Å². The Morgan fingerprint density at radius 3 is 2.62 bits per heavy atom. The minimum atomic E-state index is -1.22. The lowest BCUT2D eigenvalue weighted by Crippen LogP contribution is -2.54. The van der Waals surface area contributed by atoms with E-state index in [2.05, 4.69) is 31.3 Å². The molecule has 7 nitrogen and oxygen atoms in total. The van der Waals surface area contributed by atoms with Crippen molar-refractivity contribution in [3.05, 3.63) is 123 Å². The highest BCUT2D eigenvalue weighted by Crippen LogP contribution is 2.59. The van der Waals surface area contributed by atoms with E-state index in [1.165, 1.54) is 16.7 Å². The fourth-order valence-electron chi connectivity index (χ4n) is 7.73. The molecule has 2 heterocycles. The summed E-state index contributed by atoms with van der Waals surface area (Å²) in [5, 5.41) is 28.8. The van der Waals surface area contributed by atoms with Crippen LogP contribution in [0.25, 0.3) is 0 Å². The number of nitrogens with one attached hydrogen (secondary N) is 1. The summed E-state index contributed by atoms with van der Waals surface area (Å²) in [6.07, 6.45) is 8.32. The van der Waals surface area contributed by atoms with Crippen molar-refractivity contribution in [1.82, 2.24) is 4.90 Å². The van der Waals surface area contributed by atoms with Gasteiger partial charge in [-0.25, -0.2) is 4.79 Å². The van der Waals surface area contributed by atoms with Crippen LogP contribution in [0.3, 0.4) is 0 Å². The van der Waals surface area contributed by atoms with Gasteiger partial charge in [-0.1, -0.05) is 55.0 Å². The van der Waals surface area contributed by atoms with Crippen LogP contribution in [-0.4, -0.2) is 51.7 Å². The number of aliphatic hydroxyl groups excluding tert-OH is 1. The maximum Gasteiger partial charge on any atom is 0.321 e. The molecule has 1 saturated carbocycles. The number of fused-ring (bicyclic) bond motifs is 8. The van der Waals surface area contributed by atoms with E-state index in [1.807, 2.05) is 60.0 Å². The molecule has 0 saturated heterocycles. The zero-order valence-electron chi connectivity index (χ0n) is 27.9. The van der Waals surface area contributed by atoms with Crippen molar-refractivity contribution in [3.63, 3.8) is 0 Å². The summed E-state index contributed by atoms with van der Waals surface area (Å²) < 4.78 is 5.57. The first kappa shape index (κ1) is 33.9. The molecule has 7 rings (SSSR count). The van der Waals surface area contributed by atoms with Crippen molar-refractivity contribution < 1.29 is 24.2 Å². The number of rotatable bonds is 8. The summed E-state index contributed by atoms with van der Waals surface area (Å²) in [5.74, 6) is -0.0870. The molecule has 1 fully saturated rings. The van der Waals surface area contributed by atoms with Gasteiger partial charge >= 0.3 is 6.03 Å². The largest absolute Gasteiger partial charge is 0.461 e. The van der Waals surface area contributed by atoms with Crippen molar-refractivity contribution in [3.8, 4) is 0 Å². The lowest BCUT2D eigenvalue weighted by Gasteiger charge is -2.46.